The zero-order chi connectivity index (χ0) is 26.6. The van der Waals surface area contributed by atoms with Gasteiger partial charge < -0.3 is 19.3 Å². The van der Waals surface area contributed by atoms with Gasteiger partial charge in [0.25, 0.3) is 0 Å². The number of amides is 1. The molecule has 9 nitrogen and oxygen atoms in total. The molecule has 0 spiro atoms. The smallest absolute Gasteiger partial charge is 0.248 e. The second-order valence-corrected chi connectivity index (χ2v) is 12.7. The van der Waals surface area contributed by atoms with Crippen molar-refractivity contribution in [3.05, 3.63) is 23.3 Å². The molecular formula is C27H44N4O5S. The molecule has 0 bridgehead atoms. The fourth-order valence-electron chi connectivity index (χ4n) is 6.08. The van der Waals surface area contributed by atoms with Crippen LogP contribution in [0.4, 0.5) is 0 Å². The molecule has 0 atom stereocenters. The monoisotopic (exact) mass is 536 g/mol. The van der Waals surface area contributed by atoms with Crippen LogP contribution in [0.15, 0.2) is 17.0 Å². The molecule has 3 aliphatic rings. The van der Waals surface area contributed by atoms with Gasteiger partial charge in [0, 0.05) is 45.3 Å². The predicted molar refractivity (Wildman–Crippen MR) is 144 cm³/mol. The van der Waals surface area contributed by atoms with E-state index in [0.717, 1.165) is 44.3 Å². The number of methoxy groups -OCH3 is 1. The second kappa shape index (κ2) is 12.4. The molecule has 1 saturated heterocycles. The third-order valence-corrected chi connectivity index (χ3v) is 10.5. The lowest BCUT2D eigenvalue weighted by molar-refractivity contribution is -0.137. The van der Waals surface area contributed by atoms with Crippen molar-refractivity contribution < 1.29 is 22.7 Å². The van der Waals surface area contributed by atoms with E-state index in [9.17, 15) is 13.2 Å². The van der Waals surface area contributed by atoms with Crippen molar-refractivity contribution in [3.8, 4) is 5.75 Å². The quantitative estimate of drug-likeness (QED) is 0.470. The molecular weight excluding hydrogens is 492 g/mol. The van der Waals surface area contributed by atoms with E-state index in [2.05, 4.69) is 16.8 Å². The summed E-state index contributed by atoms with van der Waals surface area (Å²) in [7, 11) is 2.06. The van der Waals surface area contributed by atoms with Gasteiger partial charge >= 0.3 is 0 Å². The number of ether oxygens (including phenoxy) is 2. The van der Waals surface area contributed by atoms with Crippen LogP contribution in [0.1, 0.15) is 43.2 Å². The fraction of sp³-hybridized carbons (Fsp3) is 0.741. The van der Waals surface area contributed by atoms with Gasteiger partial charge in [0.2, 0.25) is 15.9 Å². The van der Waals surface area contributed by atoms with Crippen LogP contribution < -0.4 is 4.74 Å². The molecule has 0 radical (unpaired) electrons. The molecule has 0 aromatic heterocycles. The number of aryl methyl sites for hydroxylation is 1. The number of likely N-dealkylation sites (N-methyl/N-ethyl adjacent to an activating group) is 2. The Bertz CT molecular complexity index is 1040. The van der Waals surface area contributed by atoms with Gasteiger partial charge in [-0.3, -0.25) is 9.69 Å². The first-order valence-corrected chi connectivity index (χ1v) is 15.1. The standard InChI is InChI=1S/C27H44N4O5S/c1-21-18-25(35-4)19-22-10-13-31(37(33,34)27(21)22)16-17-36-20-26(32)29(3)23-6-8-24(9-7-23)30-12-5-11-28(2)14-15-30/h18-19,23-24H,5-17,20H2,1-4H3. The number of rotatable bonds is 8. The van der Waals surface area contributed by atoms with Gasteiger partial charge in [-0.2, -0.15) is 4.31 Å². The SMILES string of the molecule is COc1cc(C)c2c(c1)CCN(CCOCC(=O)N(C)C1CCC(N3CCCN(C)CC3)CC1)S2(=O)=O. The molecule has 4 rings (SSSR count). The highest BCUT2D eigenvalue weighted by Crippen LogP contribution is 2.32. The van der Waals surface area contributed by atoms with Crippen molar-refractivity contribution in [2.75, 3.05) is 73.7 Å². The van der Waals surface area contributed by atoms with Gasteiger partial charge in [-0.15, -0.1) is 0 Å². The van der Waals surface area contributed by atoms with Gasteiger partial charge in [-0.25, -0.2) is 8.42 Å². The molecule has 1 amide bonds. The number of hydrogen-bond donors (Lipinski definition) is 0. The summed E-state index contributed by atoms with van der Waals surface area (Å²) >= 11 is 0. The van der Waals surface area contributed by atoms with Gasteiger partial charge in [0.15, 0.2) is 0 Å². The van der Waals surface area contributed by atoms with Crippen LogP contribution in [0, 0.1) is 6.92 Å². The Balaban J connectivity index is 1.20. The second-order valence-electron chi connectivity index (χ2n) is 10.8. The van der Waals surface area contributed by atoms with Crippen molar-refractivity contribution in [1.29, 1.82) is 0 Å². The molecule has 2 heterocycles. The van der Waals surface area contributed by atoms with E-state index in [1.54, 1.807) is 20.1 Å². The molecule has 0 N–H and O–H groups in total. The summed E-state index contributed by atoms with van der Waals surface area (Å²) in [6, 6.07) is 4.44. The Kier molecular flexibility index (Phi) is 9.50. The van der Waals surface area contributed by atoms with Gasteiger partial charge in [0.05, 0.1) is 18.6 Å². The summed E-state index contributed by atoms with van der Waals surface area (Å²) in [5.74, 6) is 0.642. The molecule has 1 saturated carbocycles. The van der Waals surface area contributed by atoms with Crippen LogP contribution in [0.3, 0.4) is 0 Å². The molecule has 0 unspecified atom stereocenters. The van der Waals surface area contributed by atoms with Crippen LogP contribution >= 0.6 is 0 Å². The first-order valence-electron chi connectivity index (χ1n) is 13.6. The molecule has 2 fully saturated rings. The van der Waals surface area contributed by atoms with E-state index >= 15 is 0 Å². The minimum atomic E-state index is -3.60. The van der Waals surface area contributed by atoms with E-state index in [-0.39, 0.29) is 31.7 Å². The largest absolute Gasteiger partial charge is 0.497 e. The van der Waals surface area contributed by atoms with Crippen molar-refractivity contribution in [1.82, 2.24) is 19.0 Å². The minimum Gasteiger partial charge on any atom is -0.497 e. The Hall–Kier alpha value is -1.72. The number of carbonyl (C=O) groups is 1. The van der Waals surface area contributed by atoms with E-state index < -0.39 is 10.0 Å². The summed E-state index contributed by atoms with van der Waals surface area (Å²) in [5.41, 5.74) is 1.48. The lowest BCUT2D eigenvalue weighted by Gasteiger charge is -2.39. The Morgan fingerprint density at radius 3 is 2.57 bits per heavy atom. The first-order chi connectivity index (χ1) is 17.7. The summed E-state index contributed by atoms with van der Waals surface area (Å²) in [4.78, 5) is 20.1. The maximum atomic E-state index is 13.2. The average Bonchev–Trinajstić information content (AvgIpc) is 3.10. The topological polar surface area (TPSA) is 82.6 Å². The van der Waals surface area contributed by atoms with Crippen molar-refractivity contribution >= 4 is 15.9 Å². The van der Waals surface area contributed by atoms with Crippen LogP contribution in [0.5, 0.6) is 5.75 Å². The summed E-state index contributed by atoms with van der Waals surface area (Å²) in [6.07, 6.45) is 6.17. The first kappa shape index (κ1) is 28.3. The van der Waals surface area contributed by atoms with Gasteiger partial charge in [-0.05, 0) is 88.8 Å². The van der Waals surface area contributed by atoms with Crippen molar-refractivity contribution in [3.63, 3.8) is 0 Å². The third-order valence-electron chi connectivity index (χ3n) is 8.38. The van der Waals surface area contributed by atoms with Crippen LogP contribution in [-0.4, -0.2) is 119 Å². The zero-order valence-corrected chi connectivity index (χ0v) is 23.8. The average molecular weight is 537 g/mol. The highest BCUT2D eigenvalue weighted by atomic mass is 32.2. The summed E-state index contributed by atoms with van der Waals surface area (Å²) in [5, 5.41) is 0. The maximum absolute atomic E-state index is 13.2. The highest BCUT2D eigenvalue weighted by Gasteiger charge is 2.34. The Morgan fingerprint density at radius 1 is 1.08 bits per heavy atom. The number of carbonyl (C=O) groups excluding carboxylic acids is 1. The molecule has 1 aliphatic carbocycles. The minimum absolute atomic E-state index is 0.0183. The van der Waals surface area contributed by atoms with Gasteiger partial charge in [-0.1, -0.05) is 0 Å². The number of hydrogen-bond acceptors (Lipinski definition) is 7. The summed E-state index contributed by atoms with van der Waals surface area (Å²) < 4.78 is 38.8. The predicted octanol–water partition coefficient (Wildman–Crippen LogP) is 1.97. The Morgan fingerprint density at radius 2 is 1.84 bits per heavy atom. The number of nitrogens with zero attached hydrogens (tertiary/aromatic N) is 4. The van der Waals surface area contributed by atoms with E-state index in [0.29, 0.717) is 35.2 Å². The van der Waals surface area contributed by atoms with Crippen LogP contribution in [0.2, 0.25) is 0 Å². The zero-order valence-electron chi connectivity index (χ0n) is 22.9. The van der Waals surface area contributed by atoms with E-state index in [1.165, 1.54) is 23.8 Å². The van der Waals surface area contributed by atoms with Crippen LogP contribution in [0.25, 0.3) is 0 Å². The fourth-order valence-corrected chi connectivity index (χ4v) is 7.95. The molecule has 2 aliphatic heterocycles. The maximum Gasteiger partial charge on any atom is 0.248 e. The summed E-state index contributed by atoms with van der Waals surface area (Å²) in [6.45, 7) is 7.23. The Labute approximate surface area is 222 Å². The van der Waals surface area contributed by atoms with Gasteiger partial charge in [0.1, 0.15) is 12.4 Å². The normalized spacial score (nSPS) is 25.3. The molecule has 1 aromatic carbocycles. The van der Waals surface area contributed by atoms with Crippen molar-refractivity contribution in [2.24, 2.45) is 0 Å². The molecule has 208 valence electrons. The van der Waals surface area contributed by atoms with E-state index in [1.807, 2.05) is 18.0 Å². The molecule has 37 heavy (non-hydrogen) atoms. The lowest BCUT2D eigenvalue weighted by Crippen LogP contribution is -2.46. The van der Waals surface area contributed by atoms with Crippen molar-refractivity contribution in [2.45, 2.75) is 62.4 Å². The highest BCUT2D eigenvalue weighted by molar-refractivity contribution is 7.89. The third kappa shape index (κ3) is 6.65. The number of benzene rings is 1. The molecule has 1 aromatic rings. The molecule has 10 heteroatoms. The van der Waals surface area contributed by atoms with Crippen LogP contribution in [-0.2, 0) is 26.0 Å². The number of sulfonamides is 1. The number of fused-ring (bicyclic) bond motifs is 1. The van der Waals surface area contributed by atoms with E-state index in [4.69, 9.17) is 9.47 Å². The lowest BCUT2D eigenvalue weighted by atomic mass is 9.89.